The number of carbonyl (C=O) groups is 2. The fourth-order valence-electron chi connectivity index (χ4n) is 2.43. The van der Waals surface area contributed by atoms with Crippen LogP contribution in [0.4, 0.5) is 10.5 Å². The Morgan fingerprint density at radius 2 is 2.00 bits per heavy atom. The van der Waals surface area contributed by atoms with Crippen molar-refractivity contribution in [3.63, 3.8) is 0 Å². The van der Waals surface area contributed by atoms with Crippen LogP contribution in [0.15, 0.2) is 30.3 Å². The van der Waals surface area contributed by atoms with Crippen LogP contribution in [0.25, 0.3) is 10.2 Å². The van der Waals surface area contributed by atoms with Gasteiger partial charge in [0.15, 0.2) is 0 Å². The van der Waals surface area contributed by atoms with Gasteiger partial charge in [0.05, 0.1) is 10.6 Å². The van der Waals surface area contributed by atoms with Crippen LogP contribution in [0.1, 0.15) is 20.9 Å². The van der Waals surface area contributed by atoms with Crippen molar-refractivity contribution >= 4 is 39.2 Å². The Balaban J connectivity index is 1.66. The smallest absolute Gasteiger partial charge is 0.316 e. The highest BCUT2D eigenvalue weighted by atomic mass is 32.1. The van der Waals surface area contributed by atoms with Crippen molar-refractivity contribution < 1.29 is 9.59 Å². The zero-order valence-corrected chi connectivity index (χ0v) is 14.1. The van der Waals surface area contributed by atoms with Gasteiger partial charge in [0.2, 0.25) is 0 Å². The topological polar surface area (TPSA) is 102 Å². The number of nitrogens with zero attached hydrogens (tertiary/aromatic N) is 2. The molecule has 0 aliphatic rings. The predicted molar refractivity (Wildman–Crippen MR) is 94.1 cm³/mol. The Kier molecular flexibility index (Phi) is 4.22. The summed E-state index contributed by atoms with van der Waals surface area (Å²) in [7, 11) is 1.87. The van der Waals surface area contributed by atoms with Gasteiger partial charge in [-0.2, -0.15) is 5.10 Å². The number of thiophene rings is 1. The third-order valence-corrected chi connectivity index (χ3v) is 4.80. The van der Waals surface area contributed by atoms with E-state index in [1.807, 2.05) is 32.2 Å². The minimum absolute atomic E-state index is 0.116. The van der Waals surface area contributed by atoms with Gasteiger partial charge in [-0.15, -0.1) is 11.3 Å². The number of primary amides is 1. The molecule has 7 nitrogen and oxygen atoms in total. The molecule has 0 bridgehead atoms. The maximum absolute atomic E-state index is 12.3. The molecule has 0 saturated heterocycles. The van der Waals surface area contributed by atoms with Crippen molar-refractivity contribution in [3.05, 3.63) is 46.5 Å². The molecular formula is C16H17N5O2S. The molecule has 1 aromatic carbocycles. The van der Waals surface area contributed by atoms with Crippen LogP contribution in [0.3, 0.4) is 0 Å². The minimum atomic E-state index is -0.606. The maximum atomic E-state index is 12.3. The third-order valence-electron chi connectivity index (χ3n) is 3.59. The summed E-state index contributed by atoms with van der Waals surface area (Å²) in [5, 5.41) is 10.7. The summed E-state index contributed by atoms with van der Waals surface area (Å²) in [6.45, 7) is 2.33. The predicted octanol–water partition coefficient (Wildman–Crippen LogP) is 2.36. The molecule has 24 heavy (non-hydrogen) atoms. The van der Waals surface area contributed by atoms with Crippen LogP contribution in [0.5, 0.6) is 0 Å². The molecule has 0 atom stereocenters. The average molecular weight is 343 g/mol. The fourth-order valence-corrected chi connectivity index (χ4v) is 3.47. The first kappa shape index (κ1) is 16.0. The molecular weight excluding hydrogens is 326 g/mol. The average Bonchev–Trinajstić information content (AvgIpc) is 3.08. The van der Waals surface area contributed by atoms with Crippen molar-refractivity contribution in [3.8, 4) is 0 Å². The van der Waals surface area contributed by atoms with E-state index in [-0.39, 0.29) is 5.91 Å². The Hall–Kier alpha value is -2.87. The van der Waals surface area contributed by atoms with Crippen LogP contribution in [-0.4, -0.2) is 21.7 Å². The zero-order valence-electron chi connectivity index (χ0n) is 13.3. The Bertz CT molecular complexity index is 876. The number of anilines is 1. The monoisotopic (exact) mass is 343 g/mol. The minimum Gasteiger partial charge on any atom is -0.351 e. The van der Waals surface area contributed by atoms with E-state index in [1.165, 1.54) is 11.3 Å². The molecule has 3 rings (SSSR count). The molecule has 4 N–H and O–H groups in total. The van der Waals surface area contributed by atoms with Crippen LogP contribution in [0.2, 0.25) is 0 Å². The van der Waals surface area contributed by atoms with Crippen molar-refractivity contribution in [2.24, 2.45) is 12.8 Å². The SMILES string of the molecule is Cc1nn(C)c2sc(C(=O)NCc3ccc(NC(N)=O)cc3)cc12. The van der Waals surface area contributed by atoms with Gasteiger partial charge in [-0.1, -0.05) is 12.1 Å². The highest BCUT2D eigenvalue weighted by Gasteiger charge is 2.14. The van der Waals surface area contributed by atoms with Gasteiger partial charge < -0.3 is 16.4 Å². The molecule has 0 spiro atoms. The normalized spacial score (nSPS) is 10.8. The lowest BCUT2D eigenvalue weighted by Crippen LogP contribution is -2.22. The molecule has 3 aromatic rings. The maximum Gasteiger partial charge on any atom is 0.316 e. The molecule has 3 amide bonds. The Morgan fingerprint density at radius 1 is 1.29 bits per heavy atom. The molecule has 0 radical (unpaired) electrons. The van der Waals surface area contributed by atoms with Gasteiger partial charge in [0.1, 0.15) is 4.83 Å². The number of fused-ring (bicyclic) bond motifs is 1. The standard InChI is InChI=1S/C16H17N5O2S/c1-9-12-7-13(24-15(12)21(2)20-9)14(22)18-8-10-3-5-11(6-4-10)19-16(17)23/h3-7H,8H2,1-2H3,(H,18,22)(H3,17,19,23). The van der Waals surface area contributed by atoms with Gasteiger partial charge >= 0.3 is 6.03 Å². The molecule has 124 valence electrons. The first-order valence-electron chi connectivity index (χ1n) is 7.31. The fraction of sp³-hybridized carbons (Fsp3) is 0.188. The highest BCUT2D eigenvalue weighted by Crippen LogP contribution is 2.27. The van der Waals surface area contributed by atoms with Gasteiger partial charge in [0, 0.05) is 24.7 Å². The largest absolute Gasteiger partial charge is 0.351 e. The Labute approximate surface area is 142 Å². The molecule has 0 fully saturated rings. The molecule has 0 aliphatic heterocycles. The zero-order chi connectivity index (χ0) is 17.3. The van der Waals surface area contributed by atoms with Crippen LogP contribution >= 0.6 is 11.3 Å². The van der Waals surface area contributed by atoms with E-state index < -0.39 is 6.03 Å². The van der Waals surface area contributed by atoms with Gasteiger partial charge in [-0.05, 0) is 30.7 Å². The quantitative estimate of drug-likeness (QED) is 0.677. The van der Waals surface area contributed by atoms with Gasteiger partial charge in [0.25, 0.3) is 5.91 Å². The number of nitrogens with one attached hydrogen (secondary N) is 2. The number of hydrogen-bond acceptors (Lipinski definition) is 4. The summed E-state index contributed by atoms with van der Waals surface area (Å²) >= 11 is 1.42. The Morgan fingerprint density at radius 3 is 2.62 bits per heavy atom. The number of aryl methyl sites for hydroxylation is 2. The van der Waals surface area contributed by atoms with E-state index in [9.17, 15) is 9.59 Å². The van der Waals surface area contributed by atoms with E-state index in [0.29, 0.717) is 17.1 Å². The number of aromatic nitrogens is 2. The summed E-state index contributed by atoms with van der Waals surface area (Å²) in [6.07, 6.45) is 0. The summed E-state index contributed by atoms with van der Waals surface area (Å²) in [4.78, 5) is 24.7. The van der Waals surface area contributed by atoms with Gasteiger partial charge in [-0.25, -0.2) is 4.79 Å². The number of urea groups is 1. The molecule has 0 saturated carbocycles. The number of nitrogens with two attached hydrogens (primary N) is 1. The molecule has 2 aromatic heterocycles. The first-order valence-corrected chi connectivity index (χ1v) is 8.12. The van der Waals surface area contributed by atoms with Gasteiger partial charge in [-0.3, -0.25) is 9.48 Å². The van der Waals surface area contributed by atoms with Crippen molar-refractivity contribution in [2.45, 2.75) is 13.5 Å². The number of hydrogen-bond donors (Lipinski definition) is 3. The van der Waals surface area contributed by atoms with E-state index in [4.69, 9.17) is 5.73 Å². The van der Waals surface area contributed by atoms with E-state index in [0.717, 1.165) is 21.5 Å². The lowest BCUT2D eigenvalue weighted by atomic mass is 10.2. The number of benzene rings is 1. The second-order valence-corrected chi connectivity index (χ2v) is 6.44. The number of amides is 3. The molecule has 0 aliphatic carbocycles. The third kappa shape index (κ3) is 3.23. The molecule has 0 unspecified atom stereocenters. The lowest BCUT2D eigenvalue weighted by molar-refractivity contribution is 0.0955. The number of carbonyl (C=O) groups excluding carboxylic acids is 2. The summed E-state index contributed by atoms with van der Waals surface area (Å²) in [6, 6.07) is 8.39. The highest BCUT2D eigenvalue weighted by molar-refractivity contribution is 7.20. The second kappa shape index (κ2) is 6.32. The van der Waals surface area contributed by atoms with Crippen LogP contribution < -0.4 is 16.4 Å². The van der Waals surface area contributed by atoms with Crippen molar-refractivity contribution in [1.29, 1.82) is 0 Å². The first-order chi connectivity index (χ1) is 11.4. The summed E-state index contributed by atoms with van der Waals surface area (Å²) in [5.74, 6) is -0.116. The molecule has 8 heteroatoms. The lowest BCUT2D eigenvalue weighted by Gasteiger charge is -2.06. The second-order valence-electron chi connectivity index (χ2n) is 5.41. The summed E-state index contributed by atoms with van der Waals surface area (Å²) < 4.78 is 1.79. The van der Waals surface area contributed by atoms with Crippen molar-refractivity contribution in [1.82, 2.24) is 15.1 Å². The van der Waals surface area contributed by atoms with E-state index >= 15 is 0 Å². The van der Waals surface area contributed by atoms with E-state index in [2.05, 4.69) is 15.7 Å². The van der Waals surface area contributed by atoms with Crippen LogP contribution in [-0.2, 0) is 13.6 Å². The van der Waals surface area contributed by atoms with Crippen molar-refractivity contribution in [2.75, 3.05) is 5.32 Å². The number of rotatable bonds is 4. The van der Waals surface area contributed by atoms with Crippen LogP contribution in [0, 0.1) is 6.92 Å². The molecule has 2 heterocycles. The van der Waals surface area contributed by atoms with E-state index in [1.54, 1.807) is 16.8 Å². The summed E-state index contributed by atoms with van der Waals surface area (Å²) in [5.41, 5.74) is 7.52.